The average molecular weight is 404 g/mol. The lowest BCUT2D eigenvalue weighted by molar-refractivity contribution is 0.0652. The van der Waals surface area contributed by atoms with Gasteiger partial charge in [0.15, 0.2) is 0 Å². The zero-order chi connectivity index (χ0) is 19.6. The number of hydrogen-bond donors (Lipinski definition) is 2. The number of benzene rings is 2. The number of carbonyl (C=O) groups excluding carboxylic acids is 3. The summed E-state index contributed by atoms with van der Waals surface area (Å²) in [6, 6.07) is 9.44. The molecular formula is C20H22ClN3O4. The maximum absolute atomic E-state index is 12.5. The third-order valence-electron chi connectivity index (χ3n) is 4.46. The van der Waals surface area contributed by atoms with Crippen LogP contribution >= 0.6 is 12.4 Å². The highest BCUT2D eigenvalue weighted by Gasteiger charge is 2.35. The zero-order valence-corrected chi connectivity index (χ0v) is 16.5. The largest absolute Gasteiger partial charge is 0.495 e. The van der Waals surface area contributed by atoms with Crippen LogP contribution in [0.2, 0.25) is 0 Å². The molecule has 0 aromatic heterocycles. The summed E-state index contributed by atoms with van der Waals surface area (Å²) in [7, 11) is 1.51. The average Bonchev–Trinajstić information content (AvgIpc) is 2.90. The molecule has 2 aromatic rings. The quantitative estimate of drug-likeness (QED) is 0.568. The van der Waals surface area contributed by atoms with Crippen molar-refractivity contribution in [1.29, 1.82) is 0 Å². The van der Waals surface area contributed by atoms with E-state index in [0.717, 1.165) is 12.8 Å². The standard InChI is InChI=1S/C20H21N3O4.ClH/c1-3-4-9-23-19(25)14-7-5-12(10-15(14)20(23)26)18(24)22-13-6-8-17(27-2)16(21)11-13;/h5-8,10-11H,3-4,9,21H2,1-2H3,(H,22,24);1H. The Kier molecular flexibility index (Phi) is 6.64. The molecule has 0 saturated heterocycles. The van der Waals surface area contributed by atoms with Crippen LogP contribution in [0.3, 0.4) is 0 Å². The monoisotopic (exact) mass is 403 g/mol. The van der Waals surface area contributed by atoms with E-state index in [0.29, 0.717) is 34.8 Å². The van der Waals surface area contributed by atoms with Gasteiger partial charge in [-0.25, -0.2) is 0 Å². The van der Waals surface area contributed by atoms with Gasteiger partial charge in [-0.1, -0.05) is 13.3 Å². The molecule has 1 aliphatic rings. The number of nitrogen functional groups attached to an aromatic ring is 1. The number of methoxy groups -OCH3 is 1. The number of nitrogens with zero attached hydrogens (tertiary/aromatic N) is 1. The first kappa shape index (κ1) is 21.2. The van der Waals surface area contributed by atoms with Crippen LogP contribution in [0.4, 0.5) is 11.4 Å². The molecule has 1 heterocycles. The number of carbonyl (C=O) groups is 3. The van der Waals surface area contributed by atoms with Crippen LogP contribution in [0.1, 0.15) is 50.8 Å². The van der Waals surface area contributed by atoms with Crippen molar-refractivity contribution in [3.05, 3.63) is 53.1 Å². The molecule has 0 atom stereocenters. The first-order chi connectivity index (χ1) is 13.0. The van der Waals surface area contributed by atoms with Crippen molar-refractivity contribution in [2.24, 2.45) is 0 Å². The van der Waals surface area contributed by atoms with Crippen LogP contribution in [-0.2, 0) is 0 Å². The Morgan fingerprint density at radius 2 is 1.82 bits per heavy atom. The topological polar surface area (TPSA) is 102 Å². The van der Waals surface area contributed by atoms with Gasteiger partial charge in [0.25, 0.3) is 17.7 Å². The van der Waals surface area contributed by atoms with E-state index in [-0.39, 0.29) is 29.8 Å². The van der Waals surface area contributed by atoms with Gasteiger partial charge in [0.2, 0.25) is 0 Å². The Balaban J connectivity index is 0.00000280. The second-order valence-electron chi connectivity index (χ2n) is 6.29. The summed E-state index contributed by atoms with van der Waals surface area (Å²) in [5.74, 6) is -0.540. The molecular weight excluding hydrogens is 382 g/mol. The number of nitrogens with one attached hydrogen (secondary N) is 1. The first-order valence-electron chi connectivity index (χ1n) is 8.71. The lowest BCUT2D eigenvalue weighted by Gasteiger charge is -2.12. The number of unbranched alkanes of at least 4 members (excludes halogenated alkanes) is 1. The van der Waals surface area contributed by atoms with Gasteiger partial charge in [-0.05, 0) is 42.8 Å². The van der Waals surface area contributed by atoms with E-state index in [2.05, 4.69) is 5.32 Å². The van der Waals surface area contributed by atoms with Crippen LogP contribution in [0, 0.1) is 0 Å². The fraction of sp³-hybridized carbons (Fsp3) is 0.250. The van der Waals surface area contributed by atoms with Crippen LogP contribution in [0.15, 0.2) is 36.4 Å². The van der Waals surface area contributed by atoms with Crippen molar-refractivity contribution >= 4 is 41.5 Å². The van der Waals surface area contributed by atoms with Crippen LogP contribution in [0.5, 0.6) is 5.75 Å². The number of anilines is 2. The molecule has 0 spiro atoms. The summed E-state index contributed by atoms with van der Waals surface area (Å²) in [5.41, 5.74) is 7.64. The highest BCUT2D eigenvalue weighted by atomic mass is 35.5. The highest BCUT2D eigenvalue weighted by Crippen LogP contribution is 2.27. The number of ether oxygens (including phenoxy) is 1. The summed E-state index contributed by atoms with van der Waals surface area (Å²) in [6.07, 6.45) is 1.63. The van der Waals surface area contributed by atoms with Gasteiger partial charge in [0, 0.05) is 17.8 Å². The molecule has 8 heteroatoms. The number of imide groups is 1. The maximum Gasteiger partial charge on any atom is 0.261 e. The van der Waals surface area contributed by atoms with Crippen molar-refractivity contribution < 1.29 is 19.1 Å². The summed E-state index contributed by atoms with van der Waals surface area (Å²) in [4.78, 5) is 38.6. The van der Waals surface area contributed by atoms with Gasteiger partial charge in [-0.2, -0.15) is 0 Å². The van der Waals surface area contributed by atoms with E-state index in [1.807, 2.05) is 6.92 Å². The molecule has 0 radical (unpaired) electrons. The minimum Gasteiger partial charge on any atom is -0.495 e. The summed E-state index contributed by atoms with van der Waals surface area (Å²) >= 11 is 0. The lowest BCUT2D eigenvalue weighted by Crippen LogP contribution is -2.30. The molecule has 0 aliphatic carbocycles. The predicted molar refractivity (Wildman–Crippen MR) is 109 cm³/mol. The van der Waals surface area contributed by atoms with E-state index in [4.69, 9.17) is 10.5 Å². The Morgan fingerprint density at radius 3 is 2.46 bits per heavy atom. The molecule has 0 bridgehead atoms. The van der Waals surface area contributed by atoms with E-state index in [1.54, 1.807) is 18.2 Å². The smallest absolute Gasteiger partial charge is 0.261 e. The highest BCUT2D eigenvalue weighted by molar-refractivity contribution is 6.22. The fourth-order valence-corrected chi connectivity index (χ4v) is 2.97. The van der Waals surface area contributed by atoms with Gasteiger partial charge < -0.3 is 15.8 Å². The number of rotatable bonds is 6. The molecule has 0 saturated carbocycles. The molecule has 0 unspecified atom stereocenters. The van der Waals surface area contributed by atoms with Gasteiger partial charge in [-0.15, -0.1) is 12.4 Å². The van der Waals surface area contributed by atoms with Gasteiger partial charge in [-0.3, -0.25) is 19.3 Å². The third kappa shape index (κ3) is 3.94. The molecule has 0 fully saturated rings. The molecule has 7 nitrogen and oxygen atoms in total. The van der Waals surface area contributed by atoms with Crippen molar-refractivity contribution in [2.75, 3.05) is 24.7 Å². The van der Waals surface area contributed by atoms with Crippen molar-refractivity contribution in [3.63, 3.8) is 0 Å². The van der Waals surface area contributed by atoms with E-state index >= 15 is 0 Å². The molecule has 2 aromatic carbocycles. The summed E-state index contributed by atoms with van der Waals surface area (Å²) in [5, 5.41) is 2.73. The molecule has 1 aliphatic heterocycles. The van der Waals surface area contributed by atoms with E-state index < -0.39 is 5.91 Å². The van der Waals surface area contributed by atoms with Crippen molar-refractivity contribution in [3.8, 4) is 5.75 Å². The van der Waals surface area contributed by atoms with Crippen LogP contribution in [0.25, 0.3) is 0 Å². The number of nitrogens with two attached hydrogens (primary N) is 1. The fourth-order valence-electron chi connectivity index (χ4n) is 2.97. The number of hydrogen-bond acceptors (Lipinski definition) is 5. The Bertz CT molecular complexity index is 930. The minimum atomic E-state index is -0.394. The molecule has 28 heavy (non-hydrogen) atoms. The van der Waals surface area contributed by atoms with E-state index in [9.17, 15) is 14.4 Å². The lowest BCUT2D eigenvalue weighted by atomic mass is 10.1. The molecule has 3 rings (SSSR count). The van der Waals surface area contributed by atoms with Crippen LogP contribution < -0.4 is 15.8 Å². The maximum atomic E-state index is 12.5. The molecule has 148 valence electrons. The zero-order valence-electron chi connectivity index (χ0n) is 15.7. The molecule has 3 amide bonds. The number of halogens is 1. The minimum absolute atomic E-state index is 0. The van der Waals surface area contributed by atoms with Gasteiger partial charge >= 0.3 is 0 Å². The number of amides is 3. The van der Waals surface area contributed by atoms with Crippen molar-refractivity contribution in [2.45, 2.75) is 19.8 Å². The van der Waals surface area contributed by atoms with Crippen LogP contribution in [-0.4, -0.2) is 36.3 Å². The van der Waals surface area contributed by atoms with E-state index in [1.165, 1.54) is 30.2 Å². The Morgan fingerprint density at radius 1 is 1.11 bits per heavy atom. The Labute approximate surface area is 169 Å². The normalized spacial score (nSPS) is 12.4. The first-order valence-corrected chi connectivity index (χ1v) is 8.71. The summed E-state index contributed by atoms with van der Waals surface area (Å²) in [6.45, 7) is 2.38. The Hall–Kier alpha value is -3.06. The third-order valence-corrected chi connectivity index (χ3v) is 4.46. The summed E-state index contributed by atoms with van der Waals surface area (Å²) < 4.78 is 5.09. The van der Waals surface area contributed by atoms with Crippen molar-refractivity contribution in [1.82, 2.24) is 4.90 Å². The second-order valence-corrected chi connectivity index (χ2v) is 6.29. The SMILES string of the molecule is CCCCN1C(=O)c2ccc(C(=O)Nc3ccc(OC)c(N)c3)cc2C1=O.Cl. The predicted octanol–water partition coefficient (Wildman–Crippen LogP) is 3.35. The van der Waals surface area contributed by atoms with Gasteiger partial charge in [0.05, 0.1) is 23.9 Å². The number of fused-ring (bicyclic) bond motifs is 1. The molecule has 3 N–H and O–H groups in total. The second kappa shape index (κ2) is 8.75. The van der Waals surface area contributed by atoms with Gasteiger partial charge in [0.1, 0.15) is 5.75 Å².